The molecule has 3 N–H and O–H groups in total. The van der Waals surface area contributed by atoms with Gasteiger partial charge in [0, 0.05) is 12.5 Å². The molecule has 17 heavy (non-hydrogen) atoms. The molecule has 1 aromatic carbocycles. The van der Waals surface area contributed by atoms with Crippen molar-refractivity contribution in [2.24, 2.45) is 5.73 Å². The molecule has 2 rings (SSSR count). The first kappa shape index (κ1) is 12.1. The predicted octanol–water partition coefficient (Wildman–Crippen LogP) is 2.80. The van der Waals surface area contributed by atoms with Crippen molar-refractivity contribution in [3.63, 3.8) is 0 Å². The number of H-pyrrole nitrogens is 1. The van der Waals surface area contributed by atoms with Gasteiger partial charge >= 0.3 is 0 Å². The van der Waals surface area contributed by atoms with E-state index in [0.29, 0.717) is 0 Å². The molecule has 92 valence electrons. The number of aryl methyl sites for hydroxylation is 1. The predicted molar refractivity (Wildman–Crippen MR) is 72.1 cm³/mol. The fraction of sp³-hybridized carbons (Fsp3) is 0.500. The second kappa shape index (κ2) is 5.32. The average molecular weight is 231 g/mol. The molecular formula is C14H21N3. The molecule has 3 nitrogen and oxygen atoms in total. The van der Waals surface area contributed by atoms with Crippen LogP contribution in [-0.4, -0.2) is 16.0 Å². The van der Waals surface area contributed by atoms with Crippen LogP contribution in [0, 0.1) is 0 Å². The monoisotopic (exact) mass is 231 g/mol. The first-order valence-electron chi connectivity index (χ1n) is 6.46. The zero-order valence-electron chi connectivity index (χ0n) is 10.7. The highest BCUT2D eigenvalue weighted by molar-refractivity contribution is 5.75. The van der Waals surface area contributed by atoms with Gasteiger partial charge in [-0.1, -0.05) is 26.3 Å². The maximum absolute atomic E-state index is 6.03. The van der Waals surface area contributed by atoms with E-state index in [1.807, 2.05) is 0 Å². The molecular weight excluding hydrogens is 210 g/mol. The van der Waals surface area contributed by atoms with Crippen molar-refractivity contribution in [2.45, 2.75) is 45.6 Å². The maximum atomic E-state index is 6.03. The minimum Gasteiger partial charge on any atom is -0.342 e. The van der Waals surface area contributed by atoms with Crippen LogP contribution in [0.25, 0.3) is 11.0 Å². The highest BCUT2D eigenvalue weighted by Gasteiger charge is 2.07. The lowest BCUT2D eigenvalue weighted by Gasteiger charge is -2.06. The van der Waals surface area contributed by atoms with Gasteiger partial charge in [0.25, 0.3) is 0 Å². The Kier molecular flexibility index (Phi) is 3.79. The lowest BCUT2D eigenvalue weighted by molar-refractivity contribution is 0.588. The van der Waals surface area contributed by atoms with Gasteiger partial charge in [-0.05, 0) is 30.5 Å². The van der Waals surface area contributed by atoms with E-state index in [2.05, 4.69) is 42.0 Å². The number of fused-ring (bicyclic) bond motifs is 1. The van der Waals surface area contributed by atoms with E-state index in [-0.39, 0.29) is 6.04 Å². The molecule has 0 bridgehead atoms. The smallest absolute Gasteiger partial charge is 0.108 e. The molecule has 0 amide bonds. The molecule has 1 aromatic heterocycles. The van der Waals surface area contributed by atoms with Crippen molar-refractivity contribution < 1.29 is 0 Å². The van der Waals surface area contributed by atoms with Crippen LogP contribution in [0.3, 0.4) is 0 Å². The standard InChI is InChI=1S/C14H21N3/c1-3-5-11(15)9-14-16-12-7-6-10(4-2)8-13(12)17-14/h6-8,11H,3-5,9,15H2,1-2H3,(H,16,17). The number of rotatable bonds is 5. The van der Waals surface area contributed by atoms with Gasteiger partial charge in [0.05, 0.1) is 11.0 Å². The number of hydrogen-bond acceptors (Lipinski definition) is 2. The minimum atomic E-state index is 0.214. The van der Waals surface area contributed by atoms with E-state index >= 15 is 0 Å². The van der Waals surface area contributed by atoms with Gasteiger partial charge in [-0.15, -0.1) is 0 Å². The number of nitrogens with one attached hydrogen (secondary N) is 1. The van der Waals surface area contributed by atoms with Gasteiger partial charge in [0.1, 0.15) is 5.82 Å². The van der Waals surface area contributed by atoms with Gasteiger partial charge in [0.2, 0.25) is 0 Å². The van der Waals surface area contributed by atoms with Gasteiger partial charge in [-0.25, -0.2) is 4.98 Å². The summed E-state index contributed by atoms with van der Waals surface area (Å²) in [7, 11) is 0. The summed E-state index contributed by atoms with van der Waals surface area (Å²) in [6.45, 7) is 4.32. The molecule has 0 spiro atoms. The molecule has 1 atom stereocenters. The van der Waals surface area contributed by atoms with Gasteiger partial charge in [0.15, 0.2) is 0 Å². The molecule has 0 fully saturated rings. The van der Waals surface area contributed by atoms with Gasteiger partial charge in [-0.3, -0.25) is 0 Å². The summed E-state index contributed by atoms with van der Waals surface area (Å²) in [6.07, 6.45) is 4.07. The Morgan fingerprint density at radius 3 is 2.88 bits per heavy atom. The van der Waals surface area contributed by atoms with E-state index < -0.39 is 0 Å². The third-order valence-corrected chi connectivity index (χ3v) is 3.12. The number of nitrogens with two attached hydrogens (primary N) is 1. The van der Waals surface area contributed by atoms with Crippen LogP contribution in [0.4, 0.5) is 0 Å². The maximum Gasteiger partial charge on any atom is 0.108 e. The highest BCUT2D eigenvalue weighted by Crippen LogP contribution is 2.15. The second-order valence-electron chi connectivity index (χ2n) is 4.64. The Balaban J connectivity index is 2.19. The summed E-state index contributed by atoms with van der Waals surface area (Å²) in [6, 6.07) is 6.61. The third-order valence-electron chi connectivity index (χ3n) is 3.12. The van der Waals surface area contributed by atoms with Crippen LogP contribution >= 0.6 is 0 Å². The van der Waals surface area contributed by atoms with Gasteiger partial charge in [-0.2, -0.15) is 0 Å². The largest absolute Gasteiger partial charge is 0.342 e. The number of benzene rings is 1. The molecule has 1 heterocycles. The lowest BCUT2D eigenvalue weighted by Crippen LogP contribution is -2.22. The minimum absolute atomic E-state index is 0.214. The quantitative estimate of drug-likeness (QED) is 0.831. The SMILES string of the molecule is CCCC(N)Cc1nc2ccc(CC)cc2[nH]1. The fourth-order valence-electron chi connectivity index (χ4n) is 2.15. The zero-order chi connectivity index (χ0) is 12.3. The van der Waals surface area contributed by atoms with Crippen LogP contribution in [0.2, 0.25) is 0 Å². The van der Waals surface area contributed by atoms with Crippen molar-refractivity contribution in [3.05, 3.63) is 29.6 Å². The topological polar surface area (TPSA) is 54.7 Å². The van der Waals surface area contributed by atoms with E-state index in [4.69, 9.17) is 5.73 Å². The van der Waals surface area contributed by atoms with Crippen molar-refractivity contribution in [3.8, 4) is 0 Å². The molecule has 3 heteroatoms. The fourth-order valence-corrected chi connectivity index (χ4v) is 2.15. The molecule has 0 aliphatic rings. The number of nitrogens with zero attached hydrogens (tertiary/aromatic N) is 1. The normalized spacial score (nSPS) is 13.1. The first-order valence-corrected chi connectivity index (χ1v) is 6.46. The summed E-state index contributed by atoms with van der Waals surface area (Å²) in [5.74, 6) is 1.01. The summed E-state index contributed by atoms with van der Waals surface area (Å²) in [5.41, 5.74) is 9.54. The van der Waals surface area contributed by atoms with E-state index in [9.17, 15) is 0 Å². The Hall–Kier alpha value is -1.35. The van der Waals surface area contributed by atoms with E-state index in [0.717, 1.165) is 42.5 Å². The molecule has 2 aromatic rings. The Labute approximate surface area is 102 Å². The van der Waals surface area contributed by atoms with Crippen molar-refractivity contribution in [1.82, 2.24) is 9.97 Å². The van der Waals surface area contributed by atoms with Crippen LogP contribution in [0.5, 0.6) is 0 Å². The second-order valence-corrected chi connectivity index (χ2v) is 4.64. The molecule has 0 saturated carbocycles. The summed E-state index contributed by atoms with van der Waals surface area (Å²) in [5, 5.41) is 0. The van der Waals surface area contributed by atoms with Crippen LogP contribution in [-0.2, 0) is 12.8 Å². The number of imidazole rings is 1. The Morgan fingerprint density at radius 2 is 2.18 bits per heavy atom. The summed E-state index contributed by atoms with van der Waals surface area (Å²) >= 11 is 0. The lowest BCUT2D eigenvalue weighted by atomic mass is 10.1. The van der Waals surface area contributed by atoms with Crippen LogP contribution in [0.1, 0.15) is 38.1 Å². The first-order chi connectivity index (χ1) is 8.22. The molecule has 0 radical (unpaired) electrons. The molecule has 1 unspecified atom stereocenters. The number of aromatic amines is 1. The summed E-state index contributed by atoms with van der Waals surface area (Å²) in [4.78, 5) is 7.94. The number of hydrogen-bond donors (Lipinski definition) is 2. The van der Waals surface area contributed by atoms with Crippen LogP contribution in [0.15, 0.2) is 18.2 Å². The third kappa shape index (κ3) is 2.86. The van der Waals surface area contributed by atoms with Crippen LogP contribution < -0.4 is 5.73 Å². The summed E-state index contributed by atoms with van der Waals surface area (Å²) < 4.78 is 0. The van der Waals surface area contributed by atoms with Crippen molar-refractivity contribution in [1.29, 1.82) is 0 Å². The Bertz CT molecular complexity index is 487. The van der Waals surface area contributed by atoms with Gasteiger partial charge < -0.3 is 10.7 Å². The molecule has 0 aliphatic heterocycles. The Morgan fingerprint density at radius 1 is 1.35 bits per heavy atom. The number of aromatic nitrogens is 2. The molecule has 0 aliphatic carbocycles. The van der Waals surface area contributed by atoms with E-state index in [1.54, 1.807) is 0 Å². The molecule has 0 saturated heterocycles. The zero-order valence-corrected chi connectivity index (χ0v) is 10.7. The van der Waals surface area contributed by atoms with Crippen molar-refractivity contribution >= 4 is 11.0 Å². The highest BCUT2D eigenvalue weighted by atomic mass is 14.9. The van der Waals surface area contributed by atoms with Crippen molar-refractivity contribution in [2.75, 3.05) is 0 Å². The van der Waals surface area contributed by atoms with E-state index in [1.165, 1.54) is 5.56 Å². The average Bonchev–Trinajstić information content (AvgIpc) is 2.69.